The largest absolute Gasteiger partial charge is 0.493 e. The van der Waals surface area contributed by atoms with Crippen LogP contribution in [0.25, 0.3) is 0 Å². The lowest BCUT2D eigenvalue weighted by atomic mass is 10.2. The van der Waals surface area contributed by atoms with Crippen molar-refractivity contribution in [1.82, 2.24) is 5.43 Å². The molecule has 2 aromatic carbocycles. The molecule has 0 heterocycles. The first-order chi connectivity index (χ1) is 10.6. The van der Waals surface area contributed by atoms with Crippen LogP contribution in [0.1, 0.15) is 22.8 Å². The van der Waals surface area contributed by atoms with Gasteiger partial charge in [-0.2, -0.15) is 5.10 Å². The standard InChI is InChI=1S/C16H16BrN3O2/c1-2-22-15-8-3-11(9-14(15)17)10-19-20-16(21)12-4-6-13(18)7-5-12/h3-10H,2,18H2,1H3,(H,20,21)/b19-10-. The summed E-state index contributed by atoms with van der Waals surface area (Å²) in [5.74, 6) is 0.479. The molecule has 22 heavy (non-hydrogen) atoms. The van der Waals surface area contributed by atoms with Crippen LogP contribution < -0.4 is 15.9 Å². The summed E-state index contributed by atoms with van der Waals surface area (Å²) in [6.45, 7) is 2.53. The predicted molar refractivity (Wildman–Crippen MR) is 91.2 cm³/mol. The number of carbonyl (C=O) groups is 1. The van der Waals surface area contributed by atoms with E-state index in [9.17, 15) is 4.79 Å². The minimum atomic E-state index is -0.291. The van der Waals surface area contributed by atoms with Gasteiger partial charge in [0.05, 0.1) is 17.3 Å². The highest BCUT2D eigenvalue weighted by molar-refractivity contribution is 9.10. The average Bonchev–Trinajstić information content (AvgIpc) is 2.50. The summed E-state index contributed by atoms with van der Waals surface area (Å²) in [6, 6.07) is 12.2. The molecule has 114 valence electrons. The number of nitrogens with one attached hydrogen (secondary N) is 1. The van der Waals surface area contributed by atoms with Crippen LogP contribution in [0.15, 0.2) is 52.0 Å². The molecular formula is C16H16BrN3O2. The zero-order valence-corrected chi connectivity index (χ0v) is 13.6. The number of hydrazone groups is 1. The molecule has 0 bridgehead atoms. The van der Waals surface area contributed by atoms with Gasteiger partial charge in [0.2, 0.25) is 0 Å². The summed E-state index contributed by atoms with van der Waals surface area (Å²) in [5, 5.41) is 3.94. The number of nitrogens with two attached hydrogens (primary N) is 1. The fraction of sp³-hybridized carbons (Fsp3) is 0.125. The minimum absolute atomic E-state index is 0.291. The van der Waals surface area contributed by atoms with E-state index in [1.165, 1.54) is 0 Å². The molecule has 0 aliphatic carbocycles. The van der Waals surface area contributed by atoms with Crippen LogP contribution in [-0.4, -0.2) is 18.7 Å². The number of anilines is 1. The Labute approximate surface area is 137 Å². The number of halogens is 1. The van der Waals surface area contributed by atoms with Gasteiger partial charge in [-0.15, -0.1) is 0 Å². The fourth-order valence-corrected chi connectivity index (χ4v) is 2.25. The number of benzene rings is 2. The van der Waals surface area contributed by atoms with E-state index in [2.05, 4.69) is 26.5 Å². The van der Waals surface area contributed by atoms with E-state index >= 15 is 0 Å². The third-order valence-electron chi connectivity index (χ3n) is 2.81. The first-order valence-corrected chi connectivity index (χ1v) is 7.50. The highest BCUT2D eigenvalue weighted by Crippen LogP contribution is 2.25. The maximum absolute atomic E-state index is 11.9. The Bertz CT molecular complexity index is 684. The maximum atomic E-state index is 11.9. The van der Waals surface area contributed by atoms with E-state index in [4.69, 9.17) is 10.5 Å². The molecule has 2 aromatic rings. The van der Waals surface area contributed by atoms with E-state index in [-0.39, 0.29) is 5.91 Å². The van der Waals surface area contributed by atoms with Crippen LogP contribution in [0.2, 0.25) is 0 Å². The van der Waals surface area contributed by atoms with E-state index < -0.39 is 0 Å². The molecule has 0 unspecified atom stereocenters. The number of rotatable bonds is 5. The summed E-state index contributed by atoms with van der Waals surface area (Å²) < 4.78 is 6.27. The lowest BCUT2D eigenvalue weighted by Gasteiger charge is -2.05. The van der Waals surface area contributed by atoms with E-state index in [1.54, 1.807) is 30.5 Å². The quantitative estimate of drug-likeness (QED) is 0.487. The summed E-state index contributed by atoms with van der Waals surface area (Å²) in [6.07, 6.45) is 1.57. The van der Waals surface area contributed by atoms with Gasteiger partial charge in [-0.25, -0.2) is 5.43 Å². The second-order valence-corrected chi connectivity index (χ2v) is 5.30. The molecule has 0 radical (unpaired) electrons. The van der Waals surface area contributed by atoms with Gasteiger partial charge < -0.3 is 10.5 Å². The molecule has 0 saturated heterocycles. The second kappa shape index (κ2) is 7.61. The molecule has 2 rings (SSSR count). The van der Waals surface area contributed by atoms with Crippen molar-refractivity contribution in [1.29, 1.82) is 0 Å². The molecule has 0 saturated carbocycles. The van der Waals surface area contributed by atoms with Crippen LogP contribution >= 0.6 is 15.9 Å². The number of ether oxygens (including phenoxy) is 1. The number of nitrogen functional groups attached to an aromatic ring is 1. The van der Waals surface area contributed by atoms with Crippen molar-refractivity contribution in [3.8, 4) is 5.75 Å². The van der Waals surface area contributed by atoms with Gasteiger partial charge in [0.25, 0.3) is 5.91 Å². The third-order valence-corrected chi connectivity index (χ3v) is 3.43. The Morgan fingerprint density at radius 1 is 1.32 bits per heavy atom. The number of hydrogen-bond donors (Lipinski definition) is 2. The fourth-order valence-electron chi connectivity index (χ4n) is 1.73. The van der Waals surface area contributed by atoms with Crippen molar-refractivity contribution in [2.45, 2.75) is 6.92 Å². The van der Waals surface area contributed by atoms with Crippen molar-refractivity contribution in [2.24, 2.45) is 5.10 Å². The van der Waals surface area contributed by atoms with Gasteiger partial charge in [0.1, 0.15) is 5.75 Å². The Kier molecular flexibility index (Phi) is 5.55. The molecule has 0 aromatic heterocycles. The van der Waals surface area contributed by atoms with Crippen LogP contribution in [0.5, 0.6) is 5.75 Å². The zero-order valence-electron chi connectivity index (χ0n) is 12.0. The molecule has 0 aliphatic heterocycles. The molecule has 5 nitrogen and oxygen atoms in total. The number of nitrogens with zero attached hydrogens (tertiary/aromatic N) is 1. The highest BCUT2D eigenvalue weighted by atomic mass is 79.9. The normalized spacial score (nSPS) is 10.6. The predicted octanol–water partition coefficient (Wildman–Crippen LogP) is 3.19. The van der Waals surface area contributed by atoms with Crippen LogP contribution in [0.3, 0.4) is 0 Å². The smallest absolute Gasteiger partial charge is 0.271 e. The Hall–Kier alpha value is -2.34. The Morgan fingerprint density at radius 2 is 2.05 bits per heavy atom. The van der Waals surface area contributed by atoms with Gasteiger partial charge in [-0.1, -0.05) is 0 Å². The first kappa shape index (κ1) is 16.0. The third kappa shape index (κ3) is 4.33. The molecule has 0 aliphatic rings. The van der Waals surface area contributed by atoms with Crippen molar-refractivity contribution in [2.75, 3.05) is 12.3 Å². The van der Waals surface area contributed by atoms with Crippen molar-refractivity contribution in [3.05, 3.63) is 58.1 Å². The molecular weight excluding hydrogens is 346 g/mol. The maximum Gasteiger partial charge on any atom is 0.271 e. The Balaban J connectivity index is 1.98. The molecule has 1 amide bonds. The lowest BCUT2D eigenvalue weighted by Crippen LogP contribution is -2.17. The van der Waals surface area contributed by atoms with Crippen molar-refractivity contribution in [3.63, 3.8) is 0 Å². The number of hydrogen-bond acceptors (Lipinski definition) is 4. The van der Waals surface area contributed by atoms with E-state index in [0.29, 0.717) is 17.9 Å². The molecule has 0 spiro atoms. The van der Waals surface area contributed by atoms with Gasteiger partial charge >= 0.3 is 0 Å². The SMILES string of the molecule is CCOc1ccc(/C=N\NC(=O)c2ccc(N)cc2)cc1Br. The van der Waals surface area contributed by atoms with Gasteiger partial charge in [-0.05, 0) is 70.9 Å². The minimum Gasteiger partial charge on any atom is -0.493 e. The monoisotopic (exact) mass is 361 g/mol. The summed E-state index contributed by atoms with van der Waals surface area (Å²) in [7, 11) is 0. The van der Waals surface area contributed by atoms with Gasteiger partial charge in [0.15, 0.2) is 0 Å². The summed E-state index contributed by atoms with van der Waals surface area (Å²) in [4.78, 5) is 11.9. The first-order valence-electron chi connectivity index (χ1n) is 6.71. The Morgan fingerprint density at radius 3 is 2.68 bits per heavy atom. The highest BCUT2D eigenvalue weighted by Gasteiger charge is 2.03. The van der Waals surface area contributed by atoms with Crippen LogP contribution in [0, 0.1) is 0 Å². The average molecular weight is 362 g/mol. The van der Waals surface area contributed by atoms with Crippen LogP contribution in [0.4, 0.5) is 5.69 Å². The topological polar surface area (TPSA) is 76.7 Å². The summed E-state index contributed by atoms with van der Waals surface area (Å²) >= 11 is 3.43. The van der Waals surface area contributed by atoms with E-state index in [0.717, 1.165) is 15.8 Å². The van der Waals surface area contributed by atoms with Gasteiger partial charge in [0, 0.05) is 11.3 Å². The molecule has 3 N–H and O–H groups in total. The van der Waals surface area contributed by atoms with Crippen LogP contribution in [-0.2, 0) is 0 Å². The van der Waals surface area contributed by atoms with Gasteiger partial charge in [-0.3, -0.25) is 4.79 Å². The van der Waals surface area contributed by atoms with E-state index in [1.807, 2.05) is 25.1 Å². The molecule has 0 atom stereocenters. The lowest BCUT2D eigenvalue weighted by molar-refractivity contribution is 0.0955. The summed E-state index contributed by atoms with van der Waals surface area (Å²) in [5.41, 5.74) is 9.99. The van der Waals surface area contributed by atoms with Crippen molar-refractivity contribution >= 4 is 33.7 Å². The number of amides is 1. The second-order valence-electron chi connectivity index (χ2n) is 4.44. The van der Waals surface area contributed by atoms with Crippen molar-refractivity contribution < 1.29 is 9.53 Å². The molecule has 6 heteroatoms. The zero-order chi connectivity index (χ0) is 15.9. The molecule has 0 fully saturated rings. The number of carbonyl (C=O) groups excluding carboxylic acids is 1.